The van der Waals surface area contributed by atoms with Crippen LogP contribution in [0.3, 0.4) is 0 Å². The van der Waals surface area contributed by atoms with E-state index in [1.807, 2.05) is 0 Å². The summed E-state index contributed by atoms with van der Waals surface area (Å²) in [5, 5.41) is 10.7. The van der Waals surface area contributed by atoms with Crippen LogP contribution < -0.4 is 4.74 Å². The van der Waals surface area contributed by atoms with Crippen LogP contribution in [0.4, 0.5) is 0 Å². The number of phenols is 1. The van der Waals surface area contributed by atoms with E-state index in [9.17, 15) is 14.7 Å². The molecule has 1 atom stereocenters. The van der Waals surface area contributed by atoms with Crippen molar-refractivity contribution < 1.29 is 28.9 Å². The molecule has 0 aliphatic carbocycles. The number of rotatable bonds is 7. The van der Waals surface area contributed by atoms with Gasteiger partial charge in [-0.3, -0.25) is 9.59 Å². The molecule has 0 saturated heterocycles. The lowest BCUT2D eigenvalue weighted by atomic mass is 10.0. The maximum absolute atomic E-state index is 12.3. The molecule has 2 rings (SSSR count). The maximum atomic E-state index is 12.3. The molecule has 8 heteroatoms. The van der Waals surface area contributed by atoms with Crippen molar-refractivity contribution in [2.75, 3.05) is 21.0 Å². The number of benzene rings is 1. The van der Waals surface area contributed by atoms with Crippen LogP contribution in [0, 0.1) is 5.92 Å². The number of phenolic OH excluding ortho intramolecular Hbond substituents is 1. The molecule has 6 nitrogen and oxygen atoms in total. The highest BCUT2D eigenvalue weighted by Gasteiger charge is 2.22. The fourth-order valence-electron chi connectivity index (χ4n) is 2.14. The number of fused-ring (bicyclic) bond motifs is 1. The fraction of sp³-hybridized carbons (Fsp3) is 0.375. The third-order valence-corrected chi connectivity index (χ3v) is 4.91. The van der Waals surface area contributed by atoms with Crippen LogP contribution in [0.2, 0.25) is 5.02 Å². The minimum Gasteiger partial charge on any atom is -0.503 e. The Balaban J connectivity index is 2.32. The van der Waals surface area contributed by atoms with Crippen molar-refractivity contribution in [1.82, 2.24) is 0 Å². The van der Waals surface area contributed by atoms with E-state index in [0.717, 1.165) is 0 Å². The predicted octanol–water partition coefficient (Wildman–Crippen LogP) is 3.62. The van der Waals surface area contributed by atoms with Crippen LogP contribution in [-0.4, -0.2) is 37.9 Å². The first-order chi connectivity index (χ1) is 11.4. The second-order valence-electron chi connectivity index (χ2n) is 5.16. The van der Waals surface area contributed by atoms with Crippen molar-refractivity contribution >= 4 is 44.8 Å². The summed E-state index contributed by atoms with van der Waals surface area (Å²) < 4.78 is 15.4. The highest BCUT2D eigenvalue weighted by atomic mass is 35.5. The van der Waals surface area contributed by atoms with Gasteiger partial charge in [0.05, 0.1) is 22.9 Å². The summed E-state index contributed by atoms with van der Waals surface area (Å²) in [4.78, 5) is 24.2. The van der Waals surface area contributed by atoms with Gasteiger partial charge in [0.25, 0.3) is 0 Å². The standard InChI is InChI=1S/C16H17ClO6S/c1-8(16(20)22-3)4-10(18)13-5-9-12(24-13)6-11(23-7-21-2)15(19)14(9)17/h5-6,8,19H,4,7H2,1-3H3/t8-/m0/s1. The lowest BCUT2D eigenvalue weighted by molar-refractivity contribution is -0.144. The molecule has 0 bridgehead atoms. The van der Waals surface area contributed by atoms with Gasteiger partial charge in [0.1, 0.15) is 0 Å². The molecule has 1 N–H and O–H groups in total. The van der Waals surface area contributed by atoms with Crippen LogP contribution in [-0.2, 0) is 14.3 Å². The summed E-state index contributed by atoms with van der Waals surface area (Å²) in [6, 6.07) is 3.20. The number of carbonyl (C=O) groups is 2. The Bertz CT molecular complexity index is 770. The molecule has 2 aromatic rings. The first kappa shape index (κ1) is 18.5. The van der Waals surface area contributed by atoms with Crippen molar-refractivity contribution in [1.29, 1.82) is 0 Å². The molecule has 0 fully saturated rings. The van der Waals surface area contributed by atoms with E-state index in [4.69, 9.17) is 21.1 Å². The van der Waals surface area contributed by atoms with Crippen LogP contribution >= 0.6 is 22.9 Å². The summed E-state index contributed by atoms with van der Waals surface area (Å²) in [6.45, 7) is 1.59. The van der Waals surface area contributed by atoms with E-state index in [0.29, 0.717) is 15.0 Å². The zero-order valence-corrected chi connectivity index (χ0v) is 15.0. The molecule has 24 heavy (non-hydrogen) atoms. The number of esters is 1. The van der Waals surface area contributed by atoms with Crippen molar-refractivity contribution in [2.24, 2.45) is 5.92 Å². The number of aromatic hydroxyl groups is 1. The molecule has 1 heterocycles. The van der Waals surface area contributed by atoms with Crippen molar-refractivity contribution in [3.63, 3.8) is 0 Å². The fourth-order valence-corrected chi connectivity index (χ4v) is 3.49. The lowest BCUT2D eigenvalue weighted by Gasteiger charge is -2.08. The van der Waals surface area contributed by atoms with E-state index in [-0.39, 0.29) is 35.5 Å². The quantitative estimate of drug-likeness (QED) is 0.454. The molecule has 0 radical (unpaired) electrons. The number of Topliss-reactive ketones (excluding diaryl/α,β-unsaturated/α-hetero) is 1. The normalized spacial score (nSPS) is 12.2. The topological polar surface area (TPSA) is 82.1 Å². The molecule has 0 unspecified atom stereocenters. The van der Waals surface area contributed by atoms with E-state index in [1.165, 1.54) is 25.6 Å². The van der Waals surface area contributed by atoms with Crippen LogP contribution in [0.15, 0.2) is 12.1 Å². The maximum Gasteiger partial charge on any atom is 0.308 e. The number of hydrogen-bond acceptors (Lipinski definition) is 7. The van der Waals surface area contributed by atoms with Gasteiger partial charge in [-0.15, -0.1) is 11.3 Å². The average molecular weight is 373 g/mol. The number of ketones is 1. The van der Waals surface area contributed by atoms with Gasteiger partial charge in [-0.25, -0.2) is 0 Å². The highest BCUT2D eigenvalue weighted by molar-refractivity contribution is 7.21. The zero-order chi connectivity index (χ0) is 17.9. The van der Waals surface area contributed by atoms with Gasteiger partial charge in [-0.05, 0) is 6.07 Å². The van der Waals surface area contributed by atoms with Crippen LogP contribution in [0.1, 0.15) is 23.0 Å². The number of halogens is 1. The summed E-state index contributed by atoms with van der Waals surface area (Å²) in [6.07, 6.45) is 0.0378. The van der Waals surface area contributed by atoms with Gasteiger partial charge in [0.2, 0.25) is 0 Å². The first-order valence-electron chi connectivity index (χ1n) is 7.06. The predicted molar refractivity (Wildman–Crippen MR) is 91.1 cm³/mol. The van der Waals surface area contributed by atoms with Crippen molar-refractivity contribution in [3.8, 4) is 11.5 Å². The first-order valence-corrected chi connectivity index (χ1v) is 8.26. The Morgan fingerprint density at radius 3 is 2.67 bits per heavy atom. The van der Waals surface area contributed by atoms with Gasteiger partial charge < -0.3 is 19.3 Å². The van der Waals surface area contributed by atoms with Gasteiger partial charge in [-0.2, -0.15) is 0 Å². The van der Waals surface area contributed by atoms with Gasteiger partial charge >= 0.3 is 5.97 Å². The highest BCUT2D eigenvalue weighted by Crippen LogP contribution is 2.43. The lowest BCUT2D eigenvalue weighted by Crippen LogP contribution is -2.16. The van der Waals surface area contributed by atoms with Crippen LogP contribution in [0.25, 0.3) is 10.1 Å². The summed E-state index contributed by atoms with van der Waals surface area (Å²) in [5.74, 6) is -1.18. The second kappa shape index (κ2) is 7.83. The number of carbonyl (C=O) groups excluding carboxylic acids is 2. The van der Waals surface area contributed by atoms with E-state index in [1.54, 1.807) is 19.1 Å². The Kier molecular flexibility index (Phi) is 6.04. The molecule has 0 aliphatic rings. The minimum atomic E-state index is -0.530. The third-order valence-electron chi connectivity index (χ3n) is 3.40. The summed E-state index contributed by atoms with van der Waals surface area (Å²) >= 11 is 7.38. The molecule has 0 saturated carbocycles. The number of ether oxygens (including phenoxy) is 3. The molecular weight excluding hydrogens is 356 g/mol. The van der Waals surface area contributed by atoms with E-state index >= 15 is 0 Å². The number of methoxy groups -OCH3 is 2. The molecule has 1 aromatic carbocycles. The van der Waals surface area contributed by atoms with Crippen molar-refractivity contribution in [3.05, 3.63) is 22.0 Å². The number of thiophene rings is 1. The molecule has 130 valence electrons. The summed E-state index contributed by atoms with van der Waals surface area (Å²) in [7, 11) is 2.74. The smallest absolute Gasteiger partial charge is 0.308 e. The molecule has 0 spiro atoms. The minimum absolute atomic E-state index is 0.0378. The Labute approximate surface area is 147 Å². The Morgan fingerprint density at radius 1 is 1.33 bits per heavy atom. The summed E-state index contributed by atoms with van der Waals surface area (Å²) in [5.41, 5.74) is 0. The molecule has 0 aliphatic heterocycles. The SMILES string of the molecule is COCOc1cc2sc(C(=O)C[C@H](C)C(=O)OC)cc2c(Cl)c1O. The molecular formula is C16H17ClO6S. The van der Waals surface area contributed by atoms with Gasteiger partial charge in [0, 0.05) is 29.7 Å². The van der Waals surface area contributed by atoms with Gasteiger partial charge in [-0.1, -0.05) is 18.5 Å². The monoisotopic (exact) mass is 372 g/mol. The van der Waals surface area contributed by atoms with E-state index in [2.05, 4.69) is 4.74 Å². The third kappa shape index (κ3) is 3.80. The van der Waals surface area contributed by atoms with Crippen molar-refractivity contribution in [2.45, 2.75) is 13.3 Å². The van der Waals surface area contributed by atoms with E-state index < -0.39 is 11.9 Å². The molecule has 0 amide bonds. The Hall–Kier alpha value is -1.83. The second-order valence-corrected chi connectivity index (χ2v) is 6.62. The van der Waals surface area contributed by atoms with Gasteiger partial charge in [0.15, 0.2) is 24.1 Å². The largest absolute Gasteiger partial charge is 0.503 e. The van der Waals surface area contributed by atoms with Crippen LogP contribution in [0.5, 0.6) is 11.5 Å². The average Bonchev–Trinajstić information content (AvgIpc) is 3.00. The number of hydrogen-bond donors (Lipinski definition) is 1. The molecule has 1 aromatic heterocycles. The Morgan fingerprint density at radius 2 is 2.04 bits per heavy atom. The zero-order valence-electron chi connectivity index (χ0n) is 13.4.